The summed E-state index contributed by atoms with van der Waals surface area (Å²) < 4.78 is 0. The quantitative estimate of drug-likeness (QED) is 0.835. The van der Waals surface area contributed by atoms with E-state index in [1.54, 1.807) is 0 Å². The summed E-state index contributed by atoms with van der Waals surface area (Å²) in [5.74, 6) is 0.911. The minimum absolute atomic E-state index is 0.687. The number of hydrogen-bond donors (Lipinski definition) is 1. The van der Waals surface area contributed by atoms with Gasteiger partial charge in [0.05, 0.1) is 0 Å². The van der Waals surface area contributed by atoms with Gasteiger partial charge in [-0.15, -0.1) is 0 Å². The average Bonchev–Trinajstić information content (AvgIpc) is 2.45. The Labute approximate surface area is 126 Å². The van der Waals surface area contributed by atoms with Crippen molar-refractivity contribution in [1.82, 2.24) is 15.1 Å². The van der Waals surface area contributed by atoms with E-state index >= 15 is 0 Å². The highest BCUT2D eigenvalue weighted by molar-refractivity contribution is 4.87. The first kappa shape index (κ1) is 16.3. The Morgan fingerprint density at radius 1 is 1.05 bits per heavy atom. The van der Waals surface area contributed by atoms with Crippen LogP contribution in [0.25, 0.3) is 0 Å². The summed E-state index contributed by atoms with van der Waals surface area (Å²) in [5, 5.41) is 3.79. The molecule has 118 valence electrons. The molecule has 20 heavy (non-hydrogen) atoms. The molecular formula is C17H35N3. The van der Waals surface area contributed by atoms with Gasteiger partial charge in [0.25, 0.3) is 0 Å². The molecule has 1 aliphatic heterocycles. The lowest BCUT2D eigenvalue weighted by Gasteiger charge is -2.44. The molecule has 1 N–H and O–H groups in total. The van der Waals surface area contributed by atoms with E-state index in [2.05, 4.69) is 42.9 Å². The second-order valence-electron chi connectivity index (χ2n) is 7.14. The van der Waals surface area contributed by atoms with Crippen molar-refractivity contribution < 1.29 is 0 Å². The first-order chi connectivity index (χ1) is 9.61. The molecule has 0 radical (unpaired) electrons. The van der Waals surface area contributed by atoms with Gasteiger partial charge in [-0.3, -0.25) is 9.80 Å². The number of nitrogens with one attached hydrogen (secondary N) is 1. The molecule has 1 heterocycles. The van der Waals surface area contributed by atoms with Gasteiger partial charge in [0.1, 0.15) is 0 Å². The summed E-state index contributed by atoms with van der Waals surface area (Å²) in [6.07, 6.45) is 7.23. The Balaban J connectivity index is 1.90. The molecule has 0 aromatic rings. The lowest BCUT2D eigenvalue weighted by atomic mass is 9.83. The molecule has 2 rings (SSSR count). The molecule has 0 aromatic heterocycles. The molecule has 0 spiro atoms. The normalized spacial score (nSPS) is 32.4. The zero-order valence-electron chi connectivity index (χ0n) is 14.1. The predicted molar refractivity (Wildman–Crippen MR) is 87.2 cm³/mol. The van der Waals surface area contributed by atoms with Crippen LogP contribution in [-0.2, 0) is 0 Å². The zero-order chi connectivity index (χ0) is 14.5. The third-order valence-electron chi connectivity index (χ3n) is 5.58. The van der Waals surface area contributed by atoms with E-state index in [-0.39, 0.29) is 0 Å². The molecule has 1 saturated heterocycles. The van der Waals surface area contributed by atoms with Gasteiger partial charge in [0.15, 0.2) is 0 Å². The fourth-order valence-electron chi connectivity index (χ4n) is 4.12. The van der Waals surface area contributed by atoms with Crippen LogP contribution < -0.4 is 5.32 Å². The molecule has 1 aliphatic carbocycles. The summed E-state index contributed by atoms with van der Waals surface area (Å²) in [6.45, 7) is 11.8. The summed E-state index contributed by atoms with van der Waals surface area (Å²) >= 11 is 0. The average molecular weight is 281 g/mol. The lowest BCUT2D eigenvalue weighted by Crippen LogP contribution is -2.58. The topological polar surface area (TPSA) is 18.5 Å². The number of likely N-dealkylation sites (N-methyl/N-ethyl adjacent to an activating group) is 2. The standard InChI is InChI=1S/C17H35N3/c1-5-18-17(16-9-7-6-8-10-16)13-20-11-14(2)19(4)15(3)12-20/h14-18H,5-13H2,1-4H3. The largest absolute Gasteiger partial charge is 0.313 e. The summed E-state index contributed by atoms with van der Waals surface area (Å²) in [5.41, 5.74) is 0. The summed E-state index contributed by atoms with van der Waals surface area (Å²) in [6, 6.07) is 2.09. The molecule has 3 nitrogen and oxygen atoms in total. The van der Waals surface area contributed by atoms with Gasteiger partial charge < -0.3 is 5.32 Å². The Hall–Kier alpha value is -0.120. The van der Waals surface area contributed by atoms with Crippen molar-refractivity contribution >= 4 is 0 Å². The lowest BCUT2D eigenvalue weighted by molar-refractivity contribution is 0.0474. The smallest absolute Gasteiger partial charge is 0.0223 e. The predicted octanol–water partition coefficient (Wildman–Crippen LogP) is 2.57. The van der Waals surface area contributed by atoms with Crippen molar-refractivity contribution in [3.63, 3.8) is 0 Å². The van der Waals surface area contributed by atoms with Crippen LogP contribution in [0.5, 0.6) is 0 Å². The highest BCUT2D eigenvalue weighted by atomic mass is 15.3. The Kier molecular flexibility index (Phi) is 6.31. The van der Waals surface area contributed by atoms with E-state index in [1.165, 1.54) is 51.7 Å². The van der Waals surface area contributed by atoms with E-state index in [9.17, 15) is 0 Å². The number of nitrogens with zero attached hydrogens (tertiary/aromatic N) is 2. The van der Waals surface area contributed by atoms with Crippen LogP contribution in [0.4, 0.5) is 0 Å². The van der Waals surface area contributed by atoms with Crippen molar-refractivity contribution in [2.24, 2.45) is 5.92 Å². The third kappa shape index (κ3) is 4.19. The van der Waals surface area contributed by atoms with Crippen LogP contribution in [0, 0.1) is 5.92 Å². The Morgan fingerprint density at radius 3 is 2.20 bits per heavy atom. The molecular weight excluding hydrogens is 246 g/mol. The van der Waals surface area contributed by atoms with Gasteiger partial charge in [-0.25, -0.2) is 0 Å². The maximum Gasteiger partial charge on any atom is 0.0223 e. The molecule has 2 fully saturated rings. The van der Waals surface area contributed by atoms with Crippen molar-refractivity contribution in [1.29, 1.82) is 0 Å². The maximum absolute atomic E-state index is 3.79. The second kappa shape index (κ2) is 7.77. The van der Waals surface area contributed by atoms with Crippen molar-refractivity contribution in [2.75, 3.05) is 33.2 Å². The summed E-state index contributed by atoms with van der Waals surface area (Å²) in [7, 11) is 2.27. The van der Waals surface area contributed by atoms with E-state index in [0.29, 0.717) is 18.1 Å². The van der Waals surface area contributed by atoms with Gasteiger partial charge in [0.2, 0.25) is 0 Å². The van der Waals surface area contributed by atoms with Crippen LogP contribution in [0.1, 0.15) is 52.9 Å². The van der Waals surface area contributed by atoms with E-state index in [0.717, 1.165) is 12.5 Å². The van der Waals surface area contributed by atoms with Crippen molar-refractivity contribution in [2.45, 2.75) is 71.0 Å². The Morgan fingerprint density at radius 2 is 1.65 bits per heavy atom. The molecule has 0 aromatic carbocycles. The van der Waals surface area contributed by atoms with Gasteiger partial charge in [0, 0.05) is 37.8 Å². The first-order valence-corrected chi connectivity index (χ1v) is 8.79. The van der Waals surface area contributed by atoms with Crippen molar-refractivity contribution in [3.8, 4) is 0 Å². The fraction of sp³-hybridized carbons (Fsp3) is 1.00. The van der Waals surface area contributed by atoms with Gasteiger partial charge >= 0.3 is 0 Å². The Bertz CT molecular complexity index is 263. The second-order valence-corrected chi connectivity index (χ2v) is 7.14. The summed E-state index contributed by atoms with van der Waals surface area (Å²) in [4.78, 5) is 5.23. The first-order valence-electron chi connectivity index (χ1n) is 8.79. The van der Waals surface area contributed by atoms with E-state index in [4.69, 9.17) is 0 Å². The minimum Gasteiger partial charge on any atom is -0.313 e. The van der Waals surface area contributed by atoms with Gasteiger partial charge in [-0.2, -0.15) is 0 Å². The third-order valence-corrected chi connectivity index (χ3v) is 5.58. The van der Waals surface area contributed by atoms with Gasteiger partial charge in [-0.1, -0.05) is 26.2 Å². The minimum atomic E-state index is 0.687. The van der Waals surface area contributed by atoms with Crippen LogP contribution in [0.15, 0.2) is 0 Å². The fourth-order valence-corrected chi connectivity index (χ4v) is 4.12. The van der Waals surface area contributed by atoms with Crippen LogP contribution >= 0.6 is 0 Å². The number of rotatable bonds is 5. The SMILES string of the molecule is CCNC(CN1CC(C)N(C)C(C)C1)C1CCCCC1. The van der Waals surface area contributed by atoms with Gasteiger partial charge in [-0.05, 0) is 46.2 Å². The molecule has 1 saturated carbocycles. The number of hydrogen-bond acceptors (Lipinski definition) is 3. The van der Waals surface area contributed by atoms with Crippen LogP contribution in [-0.4, -0.2) is 61.2 Å². The molecule has 3 heteroatoms. The molecule has 0 amide bonds. The monoisotopic (exact) mass is 281 g/mol. The highest BCUT2D eigenvalue weighted by Gasteiger charge is 2.30. The molecule has 3 unspecified atom stereocenters. The maximum atomic E-state index is 3.79. The van der Waals surface area contributed by atoms with Crippen molar-refractivity contribution in [3.05, 3.63) is 0 Å². The molecule has 2 aliphatic rings. The molecule has 0 bridgehead atoms. The highest BCUT2D eigenvalue weighted by Crippen LogP contribution is 2.27. The molecule has 3 atom stereocenters. The van der Waals surface area contributed by atoms with Crippen LogP contribution in [0.3, 0.4) is 0 Å². The van der Waals surface area contributed by atoms with E-state index < -0.39 is 0 Å². The number of piperazine rings is 1. The van der Waals surface area contributed by atoms with E-state index in [1.807, 2.05) is 0 Å². The van der Waals surface area contributed by atoms with Crippen LogP contribution in [0.2, 0.25) is 0 Å². The zero-order valence-corrected chi connectivity index (χ0v) is 14.1.